The fourth-order valence-corrected chi connectivity index (χ4v) is 8.49. The lowest BCUT2D eigenvalue weighted by atomic mass is 9.93. The highest BCUT2D eigenvalue weighted by atomic mass is 32.1. The Labute approximate surface area is 245 Å². The van der Waals surface area contributed by atoms with Gasteiger partial charge < -0.3 is 0 Å². The highest BCUT2D eigenvalue weighted by Crippen LogP contribution is 2.54. The van der Waals surface area contributed by atoms with E-state index in [1.165, 1.54) is 75.0 Å². The molecule has 10 rings (SSSR count). The molecule has 0 saturated heterocycles. The van der Waals surface area contributed by atoms with E-state index >= 15 is 0 Å². The molecule has 0 saturated carbocycles. The Morgan fingerprint density at radius 3 is 2.00 bits per heavy atom. The van der Waals surface area contributed by atoms with Crippen molar-refractivity contribution in [2.75, 3.05) is 0 Å². The van der Waals surface area contributed by atoms with Crippen molar-refractivity contribution in [3.05, 3.63) is 133 Å². The predicted octanol–water partition coefficient (Wildman–Crippen LogP) is 11.0. The Bertz CT molecular complexity index is 2570. The molecule has 3 heterocycles. The molecule has 0 spiro atoms. The van der Waals surface area contributed by atoms with Crippen molar-refractivity contribution in [2.24, 2.45) is 0 Å². The Kier molecular flexibility index (Phi) is 4.36. The number of aromatic nitrogens is 2. The van der Waals surface area contributed by atoms with Crippen LogP contribution in [0, 0.1) is 0 Å². The predicted molar refractivity (Wildman–Crippen MR) is 179 cm³/mol. The molecule has 0 N–H and O–H groups in total. The summed E-state index contributed by atoms with van der Waals surface area (Å²) in [5, 5.41) is 7.91. The zero-order chi connectivity index (χ0) is 27.4. The summed E-state index contributed by atoms with van der Waals surface area (Å²) in [6.45, 7) is 0. The van der Waals surface area contributed by atoms with E-state index in [1.54, 1.807) is 0 Å². The summed E-state index contributed by atoms with van der Waals surface area (Å²) in [6, 6.07) is 48.3. The number of hydrogen-bond acceptors (Lipinski definition) is 2. The fourth-order valence-electron chi connectivity index (χ4n) is 7.26. The Morgan fingerprint density at radius 2 is 1.14 bits per heavy atom. The van der Waals surface area contributed by atoms with Gasteiger partial charge in [0.15, 0.2) is 0 Å². The standard InChI is InChI=1S/C39H22N2S/c1-2-11-23(12-3-1)30-19-10-22-33(40-30)41-31-20-9-17-27-25-14-5-4-13-24(25)26-16-8-18-29-34(26)37(35(27)31)38(41)36-28-15-6-7-21-32(28)42-39(29)36/h1-22H. The fraction of sp³-hybridized carbons (Fsp3) is 0. The molecule has 1 aliphatic carbocycles. The molecule has 3 aromatic heterocycles. The van der Waals surface area contributed by atoms with Gasteiger partial charge in [-0.15, -0.1) is 11.3 Å². The summed E-state index contributed by atoms with van der Waals surface area (Å²) in [6.07, 6.45) is 0. The molecule has 0 fully saturated rings. The minimum atomic E-state index is 0.941. The van der Waals surface area contributed by atoms with Crippen molar-refractivity contribution in [3.8, 4) is 39.3 Å². The molecular formula is C39H22N2S. The van der Waals surface area contributed by atoms with E-state index in [1.807, 2.05) is 11.3 Å². The summed E-state index contributed by atoms with van der Waals surface area (Å²) in [5.41, 5.74) is 9.69. The second-order valence-corrected chi connectivity index (χ2v) is 12.1. The zero-order valence-electron chi connectivity index (χ0n) is 22.5. The number of pyridine rings is 1. The van der Waals surface area contributed by atoms with E-state index in [9.17, 15) is 0 Å². The van der Waals surface area contributed by atoms with Crippen LogP contribution in [-0.2, 0) is 0 Å². The van der Waals surface area contributed by atoms with E-state index in [0.717, 1.165) is 17.1 Å². The first-order valence-corrected chi connectivity index (χ1v) is 15.1. The van der Waals surface area contributed by atoms with Crippen LogP contribution in [0.25, 0.3) is 92.1 Å². The van der Waals surface area contributed by atoms with Crippen LogP contribution in [0.4, 0.5) is 0 Å². The summed E-state index contributed by atoms with van der Waals surface area (Å²) in [7, 11) is 0. The van der Waals surface area contributed by atoms with Crippen LogP contribution >= 0.6 is 11.3 Å². The second-order valence-electron chi connectivity index (χ2n) is 11.1. The summed E-state index contributed by atoms with van der Waals surface area (Å²) >= 11 is 1.90. The Hall–Kier alpha value is -5.25. The first-order valence-electron chi connectivity index (χ1n) is 14.3. The highest BCUT2D eigenvalue weighted by Gasteiger charge is 2.28. The molecule has 0 amide bonds. The monoisotopic (exact) mass is 550 g/mol. The van der Waals surface area contributed by atoms with E-state index in [2.05, 4.69) is 138 Å². The minimum absolute atomic E-state index is 0.941. The quantitative estimate of drug-likeness (QED) is 0.209. The first-order chi connectivity index (χ1) is 20.9. The van der Waals surface area contributed by atoms with Gasteiger partial charge in [-0.05, 0) is 46.5 Å². The summed E-state index contributed by atoms with van der Waals surface area (Å²) < 4.78 is 5.09. The van der Waals surface area contributed by atoms with Crippen molar-refractivity contribution in [1.82, 2.24) is 9.55 Å². The van der Waals surface area contributed by atoms with Crippen molar-refractivity contribution in [1.29, 1.82) is 0 Å². The number of nitrogens with zero attached hydrogens (tertiary/aromatic N) is 2. The Morgan fingerprint density at radius 1 is 0.476 bits per heavy atom. The number of hydrogen-bond donors (Lipinski definition) is 0. The molecule has 0 radical (unpaired) electrons. The van der Waals surface area contributed by atoms with Crippen molar-refractivity contribution in [3.63, 3.8) is 0 Å². The number of thiophene rings is 1. The third-order valence-corrected chi connectivity index (χ3v) is 10.1. The van der Waals surface area contributed by atoms with Gasteiger partial charge in [0, 0.05) is 47.3 Å². The Balaban J connectivity index is 1.51. The van der Waals surface area contributed by atoms with Crippen LogP contribution in [0.3, 0.4) is 0 Å². The maximum absolute atomic E-state index is 5.32. The molecule has 6 aromatic carbocycles. The van der Waals surface area contributed by atoms with Gasteiger partial charge in [-0.1, -0.05) is 109 Å². The lowest BCUT2D eigenvalue weighted by molar-refractivity contribution is 1.09. The summed E-state index contributed by atoms with van der Waals surface area (Å²) in [4.78, 5) is 5.32. The smallest absolute Gasteiger partial charge is 0.138 e. The van der Waals surface area contributed by atoms with Crippen molar-refractivity contribution < 1.29 is 0 Å². The molecule has 194 valence electrons. The molecule has 9 aromatic rings. The van der Waals surface area contributed by atoms with E-state index in [-0.39, 0.29) is 0 Å². The number of benzene rings is 6. The lowest BCUT2D eigenvalue weighted by Crippen LogP contribution is -1.99. The molecular weight excluding hydrogens is 529 g/mol. The maximum atomic E-state index is 5.32. The highest BCUT2D eigenvalue weighted by molar-refractivity contribution is 7.27. The molecule has 42 heavy (non-hydrogen) atoms. The molecule has 2 nitrogen and oxygen atoms in total. The van der Waals surface area contributed by atoms with Gasteiger partial charge in [-0.3, -0.25) is 4.57 Å². The van der Waals surface area contributed by atoms with Gasteiger partial charge in [0.1, 0.15) is 5.82 Å². The largest absolute Gasteiger partial charge is 0.293 e. The molecule has 0 atom stereocenters. The average molecular weight is 551 g/mol. The van der Waals surface area contributed by atoms with Crippen LogP contribution in [0.2, 0.25) is 0 Å². The lowest BCUT2D eigenvalue weighted by Gasteiger charge is -2.15. The SMILES string of the molecule is c1ccc(-c2cccc(-n3c4cccc5c4c4c6c(cccc6c6sc7ccccc7c6c43)-c3ccccc3-5)n2)cc1. The van der Waals surface area contributed by atoms with Gasteiger partial charge in [-0.2, -0.15) is 0 Å². The first kappa shape index (κ1) is 22.4. The third-order valence-electron chi connectivity index (χ3n) is 8.93. The van der Waals surface area contributed by atoms with Crippen LogP contribution in [0.15, 0.2) is 133 Å². The van der Waals surface area contributed by atoms with E-state index in [4.69, 9.17) is 4.98 Å². The summed E-state index contributed by atoms with van der Waals surface area (Å²) in [5.74, 6) is 0.941. The molecule has 1 aliphatic rings. The van der Waals surface area contributed by atoms with Crippen molar-refractivity contribution >= 4 is 64.1 Å². The maximum Gasteiger partial charge on any atom is 0.138 e. The normalized spacial score (nSPS) is 12.3. The van der Waals surface area contributed by atoms with E-state index < -0.39 is 0 Å². The molecule has 3 heteroatoms. The van der Waals surface area contributed by atoms with Crippen LogP contribution < -0.4 is 0 Å². The molecule has 0 unspecified atom stereocenters. The molecule has 0 bridgehead atoms. The average Bonchev–Trinajstić information content (AvgIpc) is 3.58. The zero-order valence-corrected chi connectivity index (χ0v) is 23.3. The van der Waals surface area contributed by atoms with E-state index in [0.29, 0.717) is 0 Å². The number of fused-ring (bicyclic) bond motifs is 8. The number of rotatable bonds is 2. The second kappa shape index (κ2) is 8.16. The van der Waals surface area contributed by atoms with Crippen LogP contribution in [-0.4, -0.2) is 9.55 Å². The third kappa shape index (κ3) is 2.81. The van der Waals surface area contributed by atoms with Gasteiger partial charge in [0.05, 0.1) is 16.7 Å². The van der Waals surface area contributed by atoms with Crippen LogP contribution in [0.1, 0.15) is 0 Å². The van der Waals surface area contributed by atoms with Crippen LogP contribution in [0.5, 0.6) is 0 Å². The van der Waals surface area contributed by atoms with Crippen molar-refractivity contribution in [2.45, 2.75) is 0 Å². The van der Waals surface area contributed by atoms with Gasteiger partial charge in [0.2, 0.25) is 0 Å². The van der Waals surface area contributed by atoms with Gasteiger partial charge in [-0.25, -0.2) is 4.98 Å². The van der Waals surface area contributed by atoms with Gasteiger partial charge >= 0.3 is 0 Å². The van der Waals surface area contributed by atoms with Gasteiger partial charge in [0.25, 0.3) is 0 Å². The molecule has 0 aliphatic heterocycles. The minimum Gasteiger partial charge on any atom is -0.293 e. The topological polar surface area (TPSA) is 17.8 Å².